The SMILES string of the molecule is COC(=O)c1cccc(CN2CCN(c3ccccc3OC)CC2)c1. The van der Waals surface area contributed by atoms with Gasteiger partial charge in [-0.2, -0.15) is 0 Å². The van der Waals surface area contributed by atoms with Crippen LogP contribution in [0.5, 0.6) is 5.75 Å². The van der Waals surface area contributed by atoms with Gasteiger partial charge in [0.2, 0.25) is 0 Å². The van der Waals surface area contributed by atoms with Crippen LogP contribution >= 0.6 is 0 Å². The van der Waals surface area contributed by atoms with Gasteiger partial charge in [0.15, 0.2) is 0 Å². The molecule has 2 aromatic rings. The number of anilines is 1. The van der Waals surface area contributed by atoms with E-state index in [1.807, 2.05) is 30.3 Å². The molecule has 1 aliphatic rings. The Bertz CT molecular complexity index is 724. The van der Waals surface area contributed by atoms with E-state index >= 15 is 0 Å². The highest BCUT2D eigenvalue weighted by molar-refractivity contribution is 5.89. The van der Waals surface area contributed by atoms with Crippen LogP contribution in [0.25, 0.3) is 0 Å². The molecular formula is C20H24N2O3. The number of hydrogen-bond donors (Lipinski definition) is 0. The van der Waals surface area contributed by atoms with Crippen molar-refractivity contribution in [3.8, 4) is 5.75 Å². The fourth-order valence-electron chi connectivity index (χ4n) is 3.21. The second-order valence-electron chi connectivity index (χ2n) is 6.13. The first-order valence-electron chi connectivity index (χ1n) is 8.49. The van der Waals surface area contributed by atoms with E-state index in [2.05, 4.69) is 21.9 Å². The molecule has 0 unspecified atom stereocenters. The maximum Gasteiger partial charge on any atom is 0.337 e. The molecule has 0 saturated carbocycles. The van der Waals surface area contributed by atoms with Gasteiger partial charge in [-0.3, -0.25) is 4.90 Å². The summed E-state index contributed by atoms with van der Waals surface area (Å²) in [7, 11) is 3.12. The minimum Gasteiger partial charge on any atom is -0.495 e. The van der Waals surface area contributed by atoms with Crippen molar-refractivity contribution < 1.29 is 14.3 Å². The van der Waals surface area contributed by atoms with Crippen molar-refractivity contribution in [2.75, 3.05) is 45.3 Å². The summed E-state index contributed by atoms with van der Waals surface area (Å²) in [6.45, 7) is 4.69. The van der Waals surface area contributed by atoms with E-state index in [0.29, 0.717) is 5.56 Å². The van der Waals surface area contributed by atoms with Crippen molar-refractivity contribution in [2.45, 2.75) is 6.54 Å². The van der Waals surface area contributed by atoms with E-state index in [1.54, 1.807) is 13.2 Å². The Hall–Kier alpha value is -2.53. The molecule has 0 bridgehead atoms. The number of carbonyl (C=O) groups is 1. The highest BCUT2D eigenvalue weighted by Crippen LogP contribution is 2.28. The summed E-state index contributed by atoms with van der Waals surface area (Å²) in [5.74, 6) is 0.629. The van der Waals surface area contributed by atoms with E-state index in [-0.39, 0.29) is 5.97 Å². The normalized spacial score (nSPS) is 15.0. The summed E-state index contributed by atoms with van der Waals surface area (Å²) in [4.78, 5) is 16.4. The average molecular weight is 340 g/mol. The Morgan fingerprint density at radius 2 is 1.76 bits per heavy atom. The number of piperazine rings is 1. The van der Waals surface area contributed by atoms with Crippen molar-refractivity contribution >= 4 is 11.7 Å². The monoisotopic (exact) mass is 340 g/mol. The average Bonchev–Trinajstić information content (AvgIpc) is 2.68. The van der Waals surface area contributed by atoms with Gasteiger partial charge in [0.1, 0.15) is 5.75 Å². The van der Waals surface area contributed by atoms with Gasteiger partial charge in [0.05, 0.1) is 25.5 Å². The first-order valence-corrected chi connectivity index (χ1v) is 8.49. The van der Waals surface area contributed by atoms with E-state index < -0.39 is 0 Å². The third-order valence-corrected chi connectivity index (χ3v) is 4.55. The quantitative estimate of drug-likeness (QED) is 0.783. The largest absolute Gasteiger partial charge is 0.495 e. The predicted molar refractivity (Wildman–Crippen MR) is 98.3 cm³/mol. The standard InChI is InChI=1S/C20H24N2O3/c1-24-19-9-4-3-8-18(19)22-12-10-21(11-13-22)15-16-6-5-7-17(14-16)20(23)25-2/h3-9,14H,10-13,15H2,1-2H3. The van der Waals surface area contributed by atoms with Crippen LogP contribution in [0.15, 0.2) is 48.5 Å². The smallest absolute Gasteiger partial charge is 0.337 e. The van der Waals surface area contributed by atoms with Crippen molar-refractivity contribution in [1.82, 2.24) is 4.90 Å². The van der Waals surface area contributed by atoms with Gasteiger partial charge >= 0.3 is 5.97 Å². The molecule has 1 fully saturated rings. The first kappa shape index (κ1) is 17.3. The molecule has 0 radical (unpaired) electrons. The van der Waals surface area contributed by atoms with E-state index in [9.17, 15) is 4.79 Å². The molecule has 0 N–H and O–H groups in total. The lowest BCUT2D eigenvalue weighted by Crippen LogP contribution is -2.46. The maximum atomic E-state index is 11.7. The number of rotatable bonds is 5. The first-order chi connectivity index (χ1) is 12.2. The molecule has 5 nitrogen and oxygen atoms in total. The maximum absolute atomic E-state index is 11.7. The molecule has 0 amide bonds. The lowest BCUT2D eigenvalue weighted by atomic mass is 10.1. The van der Waals surface area contributed by atoms with Crippen LogP contribution in [-0.2, 0) is 11.3 Å². The van der Waals surface area contributed by atoms with Gasteiger partial charge in [-0.1, -0.05) is 24.3 Å². The Kier molecular flexibility index (Phi) is 5.56. The van der Waals surface area contributed by atoms with E-state index in [1.165, 1.54) is 7.11 Å². The Balaban J connectivity index is 1.60. The predicted octanol–water partition coefficient (Wildman–Crippen LogP) is 2.80. The van der Waals surface area contributed by atoms with E-state index in [4.69, 9.17) is 9.47 Å². The van der Waals surface area contributed by atoms with Gasteiger partial charge in [-0.15, -0.1) is 0 Å². The Morgan fingerprint density at radius 1 is 1.00 bits per heavy atom. The Labute approximate surface area is 148 Å². The molecule has 0 aromatic heterocycles. The van der Waals surface area contributed by atoms with Crippen LogP contribution in [0.4, 0.5) is 5.69 Å². The number of para-hydroxylation sites is 2. The topological polar surface area (TPSA) is 42.0 Å². The summed E-state index contributed by atoms with van der Waals surface area (Å²) in [6.07, 6.45) is 0. The number of nitrogens with zero attached hydrogens (tertiary/aromatic N) is 2. The zero-order chi connectivity index (χ0) is 17.6. The van der Waals surface area contributed by atoms with Crippen molar-refractivity contribution in [3.63, 3.8) is 0 Å². The van der Waals surface area contributed by atoms with Gasteiger partial charge in [0.25, 0.3) is 0 Å². The molecular weight excluding hydrogens is 316 g/mol. The summed E-state index contributed by atoms with van der Waals surface area (Å²) in [5.41, 5.74) is 2.89. The molecule has 0 aliphatic carbocycles. The van der Waals surface area contributed by atoms with Crippen LogP contribution in [0.3, 0.4) is 0 Å². The minimum absolute atomic E-state index is 0.289. The molecule has 0 atom stereocenters. The van der Waals surface area contributed by atoms with Crippen LogP contribution in [0, 0.1) is 0 Å². The van der Waals surface area contributed by atoms with Crippen LogP contribution in [0.2, 0.25) is 0 Å². The molecule has 25 heavy (non-hydrogen) atoms. The van der Waals surface area contributed by atoms with Crippen molar-refractivity contribution in [1.29, 1.82) is 0 Å². The zero-order valence-electron chi connectivity index (χ0n) is 14.8. The minimum atomic E-state index is -0.289. The molecule has 1 aliphatic heterocycles. The van der Waals surface area contributed by atoms with Crippen molar-refractivity contribution in [2.24, 2.45) is 0 Å². The number of ether oxygens (including phenoxy) is 2. The van der Waals surface area contributed by atoms with Crippen molar-refractivity contribution in [3.05, 3.63) is 59.7 Å². The number of hydrogen-bond acceptors (Lipinski definition) is 5. The number of carbonyl (C=O) groups excluding carboxylic acids is 1. The fourth-order valence-corrected chi connectivity index (χ4v) is 3.21. The molecule has 3 rings (SSSR count). The molecule has 132 valence electrons. The van der Waals surface area contributed by atoms with Gasteiger partial charge in [0, 0.05) is 32.7 Å². The molecule has 5 heteroatoms. The fraction of sp³-hybridized carbons (Fsp3) is 0.350. The lowest BCUT2D eigenvalue weighted by Gasteiger charge is -2.36. The van der Waals surface area contributed by atoms with E-state index in [0.717, 1.165) is 49.7 Å². The summed E-state index contributed by atoms with van der Waals surface area (Å²) >= 11 is 0. The number of esters is 1. The number of methoxy groups -OCH3 is 2. The van der Waals surface area contributed by atoms with Crippen LogP contribution in [-0.4, -0.2) is 51.3 Å². The number of benzene rings is 2. The molecule has 1 heterocycles. The lowest BCUT2D eigenvalue weighted by molar-refractivity contribution is 0.0600. The molecule has 0 spiro atoms. The Morgan fingerprint density at radius 3 is 2.48 bits per heavy atom. The molecule has 1 saturated heterocycles. The van der Waals surface area contributed by atoms with Crippen LogP contribution in [0.1, 0.15) is 15.9 Å². The third kappa shape index (κ3) is 4.12. The van der Waals surface area contributed by atoms with Crippen LogP contribution < -0.4 is 9.64 Å². The highest BCUT2D eigenvalue weighted by Gasteiger charge is 2.19. The summed E-state index contributed by atoms with van der Waals surface area (Å²) in [6, 6.07) is 15.8. The second kappa shape index (κ2) is 8.03. The molecule has 2 aromatic carbocycles. The highest BCUT2D eigenvalue weighted by atomic mass is 16.5. The van der Waals surface area contributed by atoms with Gasteiger partial charge in [-0.05, 0) is 29.8 Å². The van der Waals surface area contributed by atoms with Gasteiger partial charge in [-0.25, -0.2) is 4.79 Å². The third-order valence-electron chi connectivity index (χ3n) is 4.55. The van der Waals surface area contributed by atoms with Gasteiger partial charge < -0.3 is 14.4 Å². The zero-order valence-corrected chi connectivity index (χ0v) is 14.8. The summed E-state index contributed by atoms with van der Waals surface area (Å²) < 4.78 is 10.3. The second-order valence-corrected chi connectivity index (χ2v) is 6.13. The summed E-state index contributed by atoms with van der Waals surface area (Å²) in [5, 5.41) is 0.